The Bertz CT molecular complexity index is 2660. The summed E-state index contributed by atoms with van der Waals surface area (Å²) in [7, 11) is 0. The van der Waals surface area contributed by atoms with E-state index in [2.05, 4.69) is 173 Å². The van der Waals surface area contributed by atoms with Crippen molar-refractivity contribution in [3.8, 4) is 50.9 Å². The van der Waals surface area contributed by atoms with Crippen molar-refractivity contribution in [2.45, 2.75) is 0 Å². The van der Waals surface area contributed by atoms with Crippen LogP contribution in [0, 0.1) is 0 Å². The number of anilines is 3. The molecule has 0 unspecified atom stereocenters. The van der Waals surface area contributed by atoms with Crippen LogP contribution in [0.3, 0.4) is 0 Å². The highest BCUT2D eigenvalue weighted by molar-refractivity contribution is 6.13. The van der Waals surface area contributed by atoms with E-state index < -0.39 is 0 Å². The first-order valence-corrected chi connectivity index (χ1v) is 17.5. The van der Waals surface area contributed by atoms with Crippen molar-refractivity contribution >= 4 is 38.9 Å². The number of hydrogen-bond acceptors (Lipinski definition) is 3. The lowest BCUT2D eigenvalue weighted by Gasteiger charge is -2.25. The van der Waals surface area contributed by atoms with Crippen LogP contribution in [0.15, 0.2) is 194 Å². The molecule has 1 aromatic heterocycles. The van der Waals surface area contributed by atoms with Gasteiger partial charge in [-0.05, 0) is 107 Å². The second-order valence-electron chi connectivity index (χ2n) is 13.0. The fourth-order valence-electron chi connectivity index (χ4n) is 7.37. The maximum Gasteiger partial charge on any atom is 0.194 e. The number of rotatable bonds is 6. The fourth-order valence-corrected chi connectivity index (χ4v) is 7.37. The predicted molar refractivity (Wildman–Crippen MR) is 213 cm³/mol. The zero-order valence-electron chi connectivity index (χ0n) is 28.2. The molecule has 0 saturated carbocycles. The first kappa shape index (κ1) is 29.8. The van der Waals surface area contributed by atoms with Crippen LogP contribution in [0.5, 0.6) is 23.0 Å². The second kappa shape index (κ2) is 12.4. The van der Waals surface area contributed by atoms with Gasteiger partial charge in [-0.15, -0.1) is 0 Å². The van der Waals surface area contributed by atoms with Crippen LogP contribution in [-0.4, -0.2) is 4.57 Å². The highest BCUT2D eigenvalue weighted by Crippen LogP contribution is 2.51. The molecule has 0 fully saturated rings. The molecule has 0 saturated heterocycles. The van der Waals surface area contributed by atoms with Crippen molar-refractivity contribution in [1.82, 2.24) is 4.57 Å². The SMILES string of the molecule is c1ccc(-c2ccc3c(c2)c2ccc4c(c2n3-c2ccc(-c3ccc(N(c5ccccc5)c5ccccc5)cc3)cc2)Oc2ccccc2O4)cc1. The van der Waals surface area contributed by atoms with Gasteiger partial charge in [0.15, 0.2) is 23.0 Å². The Morgan fingerprint density at radius 2 is 0.885 bits per heavy atom. The standard InChI is InChI=1S/C48H32N2O2/c1-4-12-33(13-5-1)36-24-30-43-42(32-36)41-29-31-46-48(52-45-19-11-10-18-44(45)51-46)47(41)50(43)40-27-22-35(23-28-40)34-20-25-39(26-21-34)49(37-14-6-2-7-15-37)38-16-8-3-9-17-38/h1-32H. The molecule has 10 rings (SSSR count). The molecular formula is C48H32N2O2. The zero-order valence-corrected chi connectivity index (χ0v) is 28.2. The van der Waals surface area contributed by atoms with Gasteiger partial charge in [-0.25, -0.2) is 0 Å². The minimum Gasteiger partial charge on any atom is -0.449 e. The minimum atomic E-state index is 0.704. The minimum absolute atomic E-state index is 0.704. The first-order valence-electron chi connectivity index (χ1n) is 17.5. The van der Waals surface area contributed by atoms with E-state index in [9.17, 15) is 0 Å². The third-order valence-electron chi connectivity index (χ3n) is 9.85. The summed E-state index contributed by atoms with van der Waals surface area (Å²) < 4.78 is 15.3. The monoisotopic (exact) mass is 668 g/mol. The number of ether oxygens (including phenoxy) is 2. The summed E-state index contributed by atoms with van der Waals surface area (Å²) in [5, 5.41) is 2.26. The molecule has 1 aliphatic rings. The van der Waals surface area contributed by atoms with Crippen LogP contribution in [0.2, 0.25) is 0 Å². The fraction of sp³-hybridized carbons (Fsp3) is 0. The summed E-state index contributed by atoms with van der Waals surface area (Å²) in [5.74, 6) is 2.85. The van der Waals surface area contributed by atoms with Crippen molar-refractivity contribution in [2.75, 3.05) is 4.90 Å². The molecule has 8 aromatic carbocycles. The summed E-state index contributed by atoms with van der Waals surface area (Å²) in [5.41, 5.74) is 11.1. The van der Waals surface area contributed by atoms with Crippen molar-refractivity contribution in [2.24, 2.45) is 0 Å². The Morgan fingerprint density at radius 3 is 1.54 bits per heavy atom. The number of fused-ring (bicyclic) bond motifs is 6. The maximum atomic E-state index is 6.63. The summed E-state index contributed by atoms with van der Waals surface area (Å²) >= 11 is 0. The van der Waals surface area contributed by atoms with Gasteiger partial charge in [0.1, 0.15) is 5.52 Å². The molecule has 246 valence electrons. The molecule has 52 heavy (non-hydrogen) atoms. The number of nitrogens with zero attached hydrogens (tertiary/aromatic N) is 2. The molecular weight excluding hydrogens is 637 g/mol. The molecule has 0 radical (unpaired) electrons. The lowest BCUT2D eigenvalue weighted by Crippen LogP contribution is -2.09. The van der Waals surface area contributed by atoms with Gasteiger partial charge >= 0.3 is 0 Å². The van der Waals surface area contributed by atoms with Gasteiger partial charge in [0.05, 0.1) is 5.52 Å². The molecule has 0 bridgehead atoms. The van der Waals surface area contributed by atoms with E-state index in [0.717, 1.165) is 67.2 Å². The van der Waals surface area contributed by atoms with E-state index in [1.807, 2.05) is 30.3 Å². The smallest absolute Gasteiger partial charge is 0.194 e. The molecule has 2 heterocycles. The quantitative estimate of drug-likeness (QED) is 0.176. The van der Waals surface area contributed by atoms with Crippen LogP contribution >= 0.6 is 0 Å². The van der Waals surface area contributed by atoms with Crippen molar-refractivity contribution < 1.29 is 9.47 Å². The van der Waals surface area contributed by atoms with E-state index in [1.54, 1.807) is 0 Å². The molecule has 0 N–H and O–H groups in total. The third kappa shape index (κ3) is 5.09. The highest BCUT2D eigenvalue weighted by atomic mass is 16.6. The van der Waals surface area contributed by atoms with Crippen molar-refractivity contribution in [1.29, 1.82) is 0 Å². The summed E-state index contributed by atoms with van der Waals surface area (Å²) in [6.07, 6.45) is 0. The largest absolute Gasteiger partial charge is 0.449 e. The van der Waals surface area contributed by atoms with E-state index in [1.165, 1.54) is 11.1 Å². The maximum absolute atomic E-state index is 6.63. The molecule has 9 aromatic rings. The lowest BCUT2D eigenvalue weighted by molar-refractivity contribution is 0.362. The Labute approximate surface area is 302 Å². The van der Waals surface area contributed by atoms with Gasteiger partial charge in [-0.2, -0.15) is 0 Å². The van der Waals surface area contributed by atoms with Gasteiger partial charge < -0.3 is 18.9 Å². The van der Waals surface area contributed by atoms with Gasteiger partial charge in [-0.1, -0.05) is 109 Å². The second-order valence-corrected chi connectivity index (χ2v) is 13.0. The Hall–Kier alpha value is -7.04. The Morgan fingerprint density at radius 1 is 0.365 bits per heavy atom. The topological polar surface area (TPSA) is 26.6 Å². The van der Waals surface area contributed by atoms with E-state index >= 15 is 0 Å². The van der Waals surface area contributed by atoms with Gasteiger partial charge in [-0.3, -0.25) is 0 Å². The number of para-hydroxylation sites is 4. The van der Waals surface area contributed by atoms with Gasteiger partial charge in [0, 0.05) is 33.5 Å². The number of benzene rings is 8. The number of hydrogen-bond donors (Lipinski definition) is 0. The normalized spacial score (nSPS) is 11.8. The first-order chi connectivity index (χ1) is 25.8. The van der Waals surface area contributed by atoms with Gasteiger partial charge in [0.2, 0.25) is 0 Å². The molecule has 4 heteroatoms. The van der Waals surface area contributed by atoms with Crippen molar-refractivity contribution in [3.63, 3.8) is 0 Å². The lowest BCUT2D eigenvalue weighted by atomic mass is 10.0. The predicted octanol–water partition coefficient (Wildman–Crippen LogP) is 13.5. The van der Waals surface area contributed by atoms with Crippen LogP contribution in [0.25, 0.3) is 49.7 Å². The average molecular weight is 669 g/mol. The summed E-state index contributed by atoms with van der Waals surface area (Å²) in [4.78, 5) is 2.28. The molecule has 0 spiro atoms. The molecule has 4 nitrogen and oxygen atoms in total. The average Bonchev–Trinajstić information content (AvgIpc) is 3.56. The molecule has 1 aliphatic heterocycles. The molecule has 0 aliphatic carbocycles. The van der Waals surface area contributed by atoms with Gasteiger partial charge in [0.25, 0.3) is 0 Å². The van der Waals surface area contributed by atoms with Crippen molar-refractivity contribution in [3.05, 3.63) is 194 Å². The third-order valence-corrected chi connectivity index (χ3v) is 9.85. The highest BCUT2D eigenvalue weighted by Gasteiger charge is 2.26. The zero-order chi connectivity index (χ0) is 34.4. The van der Waals surface area contributed by atoms with E-state index in [-0.39, 0.29) is 0 Å². The van der Waals surface area contributed by atoms with Crippen LogP contribution in [0.4, 0.5) is 17.1 Å². The van der Waals surface area contributed by atoms with E-state index in [4.69, 9.17) is 9.47 Å². The van der Waals surface area contributed by atoms with Crippen LogP contribution < -0.4 is 14.4 Å². The Kier molecular flexibility index (Phi) is 7.10. The summed E-state index contributed by atoms with van der Waals surface area (Å²) in [6.45, 7) is 0. The number of aromatic nitrogens is 1. The van der Waals surface area contributed by atoms with Crippen LogP contribution in [0.1, 0.15) is 0 Å². The Balaban J connectivity index is 1.07. The summed E-state index contributed by atoms with van der Waals surface area (Å²) in [6, 6.07) is 67.8. The van der Waals surface area contributed by atoms with Crippen LogP contribution in [-0.2, 0) is 0 Å². The molecule has 0 atom stereocenters. The van der Waals surface area contributed by atoms with E-state index in [0.29, 0.717) is 11.5 Å². The molecule has 0 amide bonds.